The summed E-state index contributed by atoms with van der Waals surface area (Å²) in [6.07, 6.45) is 4.90. The molecule has 1 aliphatic heterocycles. The zero-order chi connectivity index (χ0) is 18.0. The van der Waals surface area contributed by atoms with Crippen LogP contribution in [0.2, 0.25) is 0 Å². The van der Waals surface area contributed by atoms with Gasteiger partial charge in [0.2, 0.25) is 0 Å². The highest BCUT2D eigenvalue weighted by molar-refractivity contribution is 5.26. The van der Waals surface area contributed by atoms with Gasteiger partial charge in [-0.05, 0) is 67.3 Å². The summed E-state index contributed by atoms with van der Waals surface area (Å²) >= 11 is 0. The van der Waals surface area contributed by atoms with E-state index in [1.165, 1.54) is 11.1 Å². The summed E-state index contributed by atoms with van der Waals surface area (Å²) < 4.78 is 0. The fourth-order valence-electron chi connectivity index (χ4n) is 5.03. The van der Waals surface area contributed by atoms with E-state index in [0.717, 1.165) is 51.7 Å². The molecule has 26 heavy (non-hydrogen) atoms. The van der Waals surface area contributed by atoms with E-state index in [1.807, 2.05) is 18.2 Å². The summed E-state index contributed by atoms with van der Waals surface area (Å²) in [4.78, 5) is 2.58. The van der Waals surface area contributed by atoms with Gasteiger partial charge in [-0.3, -0.25) is 0 Å². The number of nitrogens with zero attached hydrogens (tertiary/aromatic N) is 1. The topological polar surface area (TPSA) is 43.7 Å². The van der Waals surface area contributed by atoms with Gasteiger partial charge in [-0.1, -0.05) is 42.5 Å². The number of phenols is 1. The second-order valence-electron chi connectivity index (χ2n) is 8.34. The highest BCUT2D eigenvalue weighted by Crippen LogP contribution is 2.45. The van der Waals surface area contributed by atoms with Crippen molar-refractivity contribution in [2.24, 2.45) is 11.8 Å². The third-order valence-electron chi connectivity index (χ3n) is 6.19. The predicted octanol–water partition coefficient (Wildman–Crippen LogP) is 3.64. The minimum atomic E-state index is -0.505. The number of likely N-dealkylation sites (tertiary alicyclic amines) is 1. The fourth-order valence-corrected chi connectivity index (χ4v) is 5.03. The zero-order valence-corrected chi connectivity index (χ0v) is 15.3. The molecule has 3 atom stereocenters. The number of aryl methyl sites for hydroxylation is 1. The monoisotopic (exact) mass is 351 g/mol. The van der Waals surface area contributed by atoms with Gasteiger partial charge in [0.1, 0.15) is 5.75 Å². The first kappa shape index (κ1) is 17.6. The number of hydrogen-bond acceptors (Lipinski definition) is 3. The molecule has 1 saturated heterocycles. The van der Waals surface area contributed by atoms with Gasteiger partial charge in [-0.25, -0.2) is 0 Å². The second-order valence-corrected chi connectivity index (χ2v) is 8.34. The molecule has 4 rings (SSSR count). The molecule has 3 nitrogen and oxygen atoms in total. The lowest BCUT2D eigenvalue weighted by atomic mass is 9.91. The number of aliphatic hydroxyl groups is 1. The molecular weight excluding hydrogens is 322 g/mol. The van der Waals surface area contributed by atoms with E-state index in [9.17, 15) is 10.2 Å². The van der Waals surface area contributed by atoms with Crippen LogP contribution in [0, 0.1) is 11.8 Å². The molecule has 1 saturated carbocycles. The van der Waals surface area contributed by atoms with Gasteiger partial charge >= 0.3 is 0 Å². The number of aromatic hydroxyl groups is 1. The van der Waals surface area contributed by atoms with E-state index in [1.54, 1.807) is 12.1 Å². The van der Waals surface area contributed by atoms with Crippen molar-refractivity contribution in [3.63, 3.8) is 0 Å². The first-order valence-corrected chi connectivity index (χ1v) is 9.86. The molecule has 2 aromatic rings. The molecule has 0 aromatic heterocycles. The van der Waals surface area contributed by atoms with Crippen LogP contribution >= 0.6 is 0 Å². The van der Waals surface area contributed by atoms with E-state index in [-0.39, 0.29) is 0 Å². The number of rotatable bonds is 6. The van der Waals surface area contributed by atoms with Gasteiger partial charge in [-0.2, -0.15) is 0 Å². The maximum absolute atomic E-state index is 11.0. The largest absolute Gasteiger partial charge is 0.508 e. The summed E-state index contributed by atoms with van der Waals surface area (Å²) in [5, 5.41) is 20.4. The van der Waals surface area contributed by atoms with Crippen LogP contribution < -0.4 is 0 Å². The molecule has 2 N–H and O–H groups in total. The Hall–Kier alpha value is -1.84. The van der Waals surface area contributed by atoms with Crippen molar-refractivity contribution < 1.29 is 10.2 Å². The van der Waals surface area contributed by atoms with E-state index in [4.69, 9.17) is 0 Å². The van der Waals surface area contributed by atoms with Crippen molar-refractivity contribution in [2.75, 3.05) is 19.6 Å². The van der Waals surface area contributed by atoms with Crippen LogP contribution in [0.5, 0.6) is 5.75 Å². The van der Waals surface area contributed by atoms with Crippen molar-refractivity contribution in [2.45, 2.75) is 37.7 Å². The molecule has 1 heterocycles. The Labute approximate surface area is 156 Å². The Morgan fingerprint density at radius 3 is 2.19 bits per heavy atom. The van der Waals surface area contributed by atoms with Crippen molar-refractivity contribution >= 4 is 0 Å². The molecule has 3 heteroatoms. The predicted molar refractivity (Wildman–Crippen MR) is 104 cm³/mol. The lowest BCUT2D eigenvalue weighted by molar-refractivity contribution is 0.0354. The molecule has 1 aliphatic carbocycles. The third-order valence-corrected chi connectivity index (χ3v) is 6.19. The minimum absolute atomic E-state index is 0.337. The number of benzene rings is 2. The van der Waals surface area contributed by atoms with Crippen LogP contribution in [0.4, 0.5) is 0 Å². The number of phenolic OH excluding ortho intramolecular Hbond substituents is 1. The Bertz CT molecular complexity index is 699. The SMILES string of the molecule is Oc1ccc(CCCN2C[C@@H]3CC(O)(Cc4ccccc4)C[C@@H]3C2)cc1. The van der Waals surface area contributed by atoms with Gasteiger partial charge in [0, 0.05) is 19.5 Å². The molecule has 138 valence electrons. The summed E-state index contributed by atoms with van der Waals surface area (Å²) in [6, 6.07) is 18.0. The molecule has 2 fully saturated rings. The smallest absolute Gasteiger partial charge is 0.115 e. The first-order valence-electron chi connectivity index (χ1n) is 9.86. The van der Waals surface area contributed by atoms with Crippen LogP contribution in [-0.2, 0) is 12.8 Å². The highest BCUT2D eigenvalue weighted by atomic mass is 16.3. The average Bonchev–Trinajstić information content (AvgIpc) is 3.11. The Morgan fingerprint density at radius 1 is 0.885 bits per heavy atom. The minimum Gasteiger partial charge on any atom is -0.508 e. The standard InChI is InChI=1S/C23H29NO2/c25-22-10-8-18(9-11-22)7-4-12-24-16-20-14-23(26,15-21(20)17-24)13-19-5-2-1-3-6-19/h1-3,5-6,8-11,20-21,25-26H,4,7,12-17H2/t20-,21+,23?. The molecule has 0 radical (unpaired) electrons. The van der Waals surface area contributed by atoms with Gasteiger partial charge < -0.3 is 15.1 Å². The maximum Gasteiger partial charge on any atom is 0.115 e. The van der Waals surface area contributed by atoms with Crippen LogP contribution in [-0.4, -0.2) is 40.3 Å². The summed E-state index contributed by atoms with van der Waals surface area (Å²) in [5.41, 5.74) is 2.04. The lowest BCUT2D eigenvalue weighted by Gasteiger charge is -2.26. The van der Waals surface area contributed by atoms with E-state index in [0.29, 0.717) is 17.6 Å². The van der Waals surface area contributed by atoms with Crippen LogP contribution in [0.1, 0.15) is 30.4 Å². The van der Waals surface area contributed by atoms with E-state index < -0.39 is 5.60 Å². The fraction of sp³-hybridized carbons (Fsp3) is 0.478. The van der Waals surface area contributed by atoms with Crippen molar-refractivity contribution in [3.05, 3.63) is 65.7 Å². The summed E-state index contributed by atoms with van der Waals surface area (Å²) in [7, 11) is 0. The van der Waals surface area contributed by atoms with E-state index in [2.05, 4.69) is 29.2 Å². The summed E-state index contributed by atoms with van der Waals surface area (Å²) in [6.45, 7) is 3.40. The molecule has 0 spiro atoms. The van der Waals surface area contributed by atoms with Gasteiger partial charge in [-0.15, -0.1) is 0 Å². The Balaban J connectivity index is 1.24. The van der Waals surface area contributed by atoms with Gasteiger partial charge in [0.15, 0.2) is 0 Å². The van der Waals surface area contributed by atoms with Gasteiger partial charge in [0.25, 0.3) is 0 Å². The molecule has 2 aromatic carbocycles. The van der Waals surface area contributed by atoms with Crippen LogP contribution in [0.15, 0.2) is 54.6 Å². The number of hydrogen-bond donors (Lipinski definition) is 2. The normalized spacial score (nSPS) is 28.3. The third kappa shape index (κ3) is 4.11. The van der Waals surface area contributed by atoms with Crippen molar-refractivity contribution in [1.82, 2.24) is 4.90 Å². The second kappa shape index (κ2) is 7.42. The molecule has 2 aliphatic rings. The molecule has 0 amide bonds. The molecule has 0 bridgehead atoms. The molecule has 1 unspecified atom stereocenters. The number of fused-ring (bicyclic) bond motifs is 1. The highest BCUT2D eigenvalue weighted by Gasteiger charge is 2.47. The zero-order valence-electron chi connectivity index (χ0n) is 15.3. The van der Waals surface area contributed by atoms with Crippen molar-refractivity contribution in [3.8, 4) is 5.75 Å². The summed E-state index contributed by atoms with van der Waals surface area (Å²) in [5.74, 6) is 1.64. The van der Waals surface area contributed by atoms with Crippen LogP contribution in [0.25, 0.3) is 0 Å². The average molecular weight is 351 g/mol. The van der Waals surface area contributed by atoms with Gasteiger partial charge in [0.05, 0.1) is 5.60 Å². The maximum atomic E-state index is 11.0. The quantitative estimate of drug-likeness (QED) is 0.835. The lowest BCUT2D eigenvalue weighted by Crippen LogP contribution is -2.32. The molecular formula is C23H29NO2. The van der Waals surface area contributed by atoms with E-state index >= 15 is 0 Å². The van der Waals surface area contributed by atoms with Crippen LogP contribution in [0.3, 0.4) is 0 Å². The Kier molecular flexibility index (Phi) is 5.01. The Morgan fingerprint density at radius 2 is 1.54 bits per heavy atom. The first-order chi connectivity index (χ1) is 12.6. The van der Waals surface area contributed by atoms with Crippen molar-refractivity contribution in [1.29, 1.82) is 0 Å².